The van der Waals surface area contributed by atoms with E-state index < -0.39 is 0 Å². The van der Waals surface area contributed by atoms with E-state index in [9.17, 15) is 9.59 Å². The van der Waals surface area contributed by atoms with Crippen molar-refractivity contribution in [1.82, 2.24) is 24.3 Å². The molecule has 8 nitrogen and oxygen atoms in total. The predicted molar refractivity (Wildman–Crippen MR) is 96.2 cm³/mol. The summed E-state index contributed by atoms with van der Waals surface area (Å²) in [6.07, 6.45) is 7.20. The smallest absolute Gasteiger partial charge is 0.270 e. The number of hydrogen-bond donors (Lipinski definition) is 0. The summed E-state index contributed by atoms with van der Waals surface area (Å²) in [6, 6.07) is 7.06. The Labute approximate surface area is 149 Å². The van der Waals surface area contributed by atoms with E-state index in [2.05, 4.69) is 19.9 Å². The van der Waals surface area contributed by atoms with E-state index in [4.69, 9.17) is 0 Å². The third kappa shape index (κ3) is 3.01. The second kappa shape index (κ2) is 6.91. The average Bonchev–Trinajstić information content (AvgIpc) is 2.95. The van der Waals surface area contributed by atoms with Gasteiger partial charge in [0.2, 0.25) is 5.95 Å². The van der Waals surface area contributed by atoms with E-state index >= 15 is 0 Å². The SMILES string of the molecule is O=C(c1cnc2ccccn2c1=O)N1CCCN(c2ncccn2)CC1. The Morgan fingerprint density at radius 1 is 0.962 bits per heavy atom. The van der Waals surface area contributed by atoms with Gasteiger partial charge in [0.15, 0.2) is 0 Å². The van der Waals surface area contributed by atoms with Crippen LogP contribution in [0, 0.1) is 0 Å². The van der Waals surface area contributed by atoms with Crippen molar-refractivity contribution in [2.45, 2.75) is 6.42 Å². The lowest BCUT2D eigenvalue weighted by atomic mass is 10.2. The fraction of sp³-hybridized carbons (Fsp3) is 0.278. The van der Waals surface area contributed by atoms with E-state index in [0.717, 1.165) is 13.0 Å². The van der Waals surface area contributed by atoms with Gasteiger partial charge in [-0.2, -0.15) is 0 Å². The normalized spacial score (nSPS) is 15.1. The molecule has 0 saturated carbocycles. The Kier molecular flexibility index (Phi) is 4.30. The van der Waals surface area contributed by atoms with Crippen LogP contribution in [0.2, 0.25) is 0 Å². The molecule has 4 heterocycles. The van der Waals surface area contributed by atoms with Crippen LogP contribution < -0.4 is 10.5 Å². The highest BCUT2D eigenvalue weighted by Gasteiger charge is 2.24. The minimum atomic E-state index is -0.340. The monoisotopic (exact) mass is 350 g/mol. The summed E-state index contributed by atoms with van der Waals surface area (Å²) in [7, 11) is 0. The molecule has 3 aromatic heterocycles. The summed E-state index contributed by atoms with van der Waals surface area (Å²) in [5, 5.41) is 0. The first-order valence-corrected chi connectivity index (χ1v) is 8.52. The van der Waals surface area contributed by atoms with Crippen LogP contribution in [0.3, 0.4) is 0 Å². The molecule has 1 saturated heterocycles. The maximum Gasteiger partial charge on any atom is 0.270 e. The van der Waals surface area contributed by atoms with Crippen LogP contribution in [-0.2, 0) is 0 Å². The first kappa shape index (κ1) is 16.2. The summed E-state index contributed by atoms with van der Waals surface area (Å²) in [5.74, 6) is 0.380. The average molecular weight is 350 g/mol. The molecule has 0 N–H and O–H groups in total. The highest BCUT2D eigenvalue weighted by atomic mass is 16.2. The Morgan fingerprint density at radius 2 is 1.81 bits per heavy atom. The molecule has 1 aliphatic rings. The lowest BCUT2D eigenvalue weighted by Gasteiger charge is -2.21. The molecule has 0 radical (unpaired) electrons. The van der Waals surface area contributed by atoms with Gasteiger partial charge in [0.05, 0.1) is 0 Å². The molecule has 8 heteroatoms. The topological polar surface area (TPSA) is 83.7 Å². The molecule has 0 atom stereocenters. The first-order valence-electron chi connectivity index (χ1n) is 8.52. The maximum absolute atomic E-state index is 12.9. The van der Waals surface area contributed by atoms with E-state index in [-0.39, 0.29) is 17.0 Å². The van der Waals surface area contributed by atoms with Crippen molar-refractivity contribution in [2.75, 3.05) is 31.1 Å². The van der Waals surface area contributed by atoms with Crippen LogP contribution in [0.25, 0.3) is 5.65 Å². The van der Waals surface area contributed by atoms with Crippen LogP contribution >= 0.6 is 0 Å². The van der Waals surface area contributed by atoms with Gasteiger partial charge < -0.3 is 9.80 Å². The van der Waals surface area contributed by atoms with Gasteiger partial charge in [-0.05, 0) is 24.6 Å². The molecule has 26 heavy (non-hydrogen) atoms. The minimum Gasteiger partial charge on any atom is -0.339 e. The maximum atomic E-state index is 12.9. The van der Waals surface area contributed by atoms with Crippen LogP contribution in [0.4, 0.5) is 5.95 Å². The van der Waals surface area contributed by atoms with Crippen molar-refractivity contribution >= 4 is 17.5 Å². The van der Waals surface area contributed by atoms with E-state index in [1.165, 1.54) is 10.6 Å². The van der Waals surface area contributed by atoms with Crippen molar-refractivity contribution in [1.29, 1.82) is 0 Å². The summed E-state index contributed by atoms with van der Waals surface area (Å²) < 4.78 is 1.40. The molecule has 0 bridgehead atoms. The van der Waals surface area contributed by atoms with Crippen LogP contribution in [0.1, 0.15) is 16.8 Å². The van der Waals surface area contributed by atoms with Gasteiger partial charge in [-0.3, -0.25) is 14.0 Å². The first-order chi connectivity index (χ1) is 12.7. The van der Waals surface area contributed by atoms with E-state index in [1.807, 2.05) is 0 Å². The molecule has 3 aromatic rings. The molecule has 4 rings (SSSR count). The van der Waals surface area contributed by atoms with Gasteiger partial charge in [-0.15, -0.1) is 0 Å². The number of fused-ring (bicyclic) bond motifs is 1. The van der Waals surface area contributed by atoms with Gasteiger partial charge in [0.1, 0.15) is 11.2 Å². The second-order valence-corrected chi connectivity index (χ2v) is 6.09. The van der Waals surface area contributed by atoms with Crippen LogP contribution in [0.15, 0.2) is 53.8 Å². The summed E-state index contributed by atoms with van der Waals surface area (Å²) in [5.41, 5.74) is 0.281. The molecule has 1 aliphatic heterocycles. The van der Waals surface area contributed by atoms with Gasteiger partial charge in [-0.25, -0.2) is 15.0 Å². The number of carbonyl (C=O) groups excluding carboxylic acids is 1. The third-order valence-corrected chi connectivity index (χ3v) is 4.46. The molecule has 0 aromatic carbocycles. The molecule has 0 aliphatic carbocycles. The van der Waals surface area contributed by atoms with Crippen LogP contribution in [0.5, 0.6) is 0 Å². The molecule has 1 fully saturated rings. The zero-order chi connectivity index (χ0) is 17.9. The molecular weight excluding hydrogens is 332 g/mol. The van der Waals surface area contributed by atoms with Crippen molar-refractivity contribution in [3.8, 4) is 0 Å². The molecular formula is C18H18N6O2. The largest absolute Gasteiger partial charge is 0.339 e. The molecule has 1 amide bonds. The van der Waals surface area contributed by atoms with Crippen LogP contribution in [-0.4, -0.2) is 56.3 Å². The van der Waals surface area contributed by atoms with Gasteiger partial charge in [0, 0.05) is 51.0 Å². The lowest BCUT2D eigenvalue weighted by molar-refractivity contribution is 0.0764. The quantitative estimate of drug-likeness (QED) is 0.681. The van der Waals surface area contributed by atoms with Gasteiger partial charge in [-0.1, -0.05) is 6.07 Å². The second-order valence-electron chi connectivity index (χ2n) is 6.09. The Bertz CT molecular complexity index is 988. The van der Waals surface area contributed by atoms with Crippen molar-refractivity contribution in [3.05, 3.63) is 65.0 Å². The lowest BCUT2D eigenvalue weighted by Crippen LogP contribution is -2.38. The van der Waals surface area contributed by atoms with E-state index in [1.54, 1.807) is 47.8 Å². The Hall–Kier alpha value is -3.29. The fourth-order valence-corrected chi connectivity index (χ4v) is 3.12. The molecule has 0 spiro atoms. The summed E-state index contributed by atoms with van der Waals surface area (Å²) >= 11 is 0. The summed E-state index contributed by atoms with van der Waals surface area (Å²) in [4.78, 5) is 42.0. The third-order valence-electron chi connectivity index (χ3n) is 4.46. The highest BCUT2D eigenvalue weighted by molar-refractivity contribution is 5.93. The van der Waals surface area contributed by atoms with E-state index in [0.29, 0.717) is 31.2 Å². The standard InChI is InChI=1S/C18H18N6O2/c25-16(14-13-21-15-5-1-2-10-24(15)17(14)26)22-8-4-9-23(12-11-22)18-19-6-3-7-20-18/h1-3,5-7,10,13H,4,8-9,11-12H2. The predicted octanol–water partition coefficient (Wildman–Crippen LogP) is 0.837. The Morgan fingerprint density at radius 3 is 2.65 bits per heavy atom. The number of amides is 1. The van der Waals surface area contributed by atoms with Crippen molar-refractivity contribution in [3.63, 3.8) is 0 Å². The Balaban J connectivity index is 1.56. The number of nitrogens with zero attached hydrogens (tertiary/aromatic N) is 6. The highest BCUT2D eigenvalue weighted by Crippen LogP contribution is 2.12. The fourth-order valence-electron chi connectivity index (χ4n) is 3.12. The number of aromatic nitrogens is 4. The van der Waals surface area contributed by atoms with Gasteiger partial charge in [0.25, 0.3) is 11.5 Å². The van der Waals surface area contributed by atoms with Crippen molar-refractivity contribution in [2.24, 2.45) is 0 Å². The molecule has 0 unspecified atom stereocenters. The number of hydrogen-bond acceptors (Lipinski definition) is 6. The number of anilines is 1. The van der Waals surface area contributed by atoms with Gasteiger partial charge >= 0.3 is 0 Å². The zero-order valence-corrected chi connectivity index (χ0v) is 14.2. The number of pyridine rings is 1. The summed E-state index contributed by atoms with van der Waals surface area (Å²) in [6.45, 7) is 2.48. The number of rotatable bonds is 2. The van der Waals surface area contributed by atoms with Crippen molar-refractivity contribution < 1.29 is 4.79 Å². The number of carbonyl (C=O) groups is 1. The minimum absolute atomic E-state index is 0.0955. The zero-order valence-electron chi connectivity index (χ0n) is 14.2. The molecule has 132 valence electrons.